The van der Waals surface area contributed by atoms with Crippen LogP contribution >= 0.6 is 7.26 Å². The number of hydrogen-bond donors (Lipinski definition) is 1. The Bertz CT molecular complexity index is 1620. The number of phenols is 1. The van der Waals surface area contributed by atoms with Crippen LogP contribution in [-0.4, -0.2) is 36.1 Å². The van der Waals surface area contributed by atoms with Crippen molar-refractivity contribution >= 4 is 33.3 Å². The van der Waals surface area contributed by atoms with Crippen molar-refractivity contribution in [2.75, 3.05) is 12.4 Å². The first-order chi connectivity index (χ1) is 23.4. The molecule has 0 amide bonds. The van der Waals surface area contributed by atoms with E-state index in [9.17, 15) is 5.11 Å². The Labute approximate surface area is 296 Å². The summed E-state index contributed by atoms with van der Waals surface area (Å²) < 4.78 is 33.9. The fourth-order valence-electron chi connectivity index (χ4n) is 7.26. The molecule has 1 atom stereocenters. The van der Waals surface area contributed by atoms with Gasteiger partial charge in [0.15, 0.2) is 0 Å². The van der Waals surface area contributed by atoms with E-state index in [1.54, 1.807) is 0 Å². The molecule has 0 spiro atoms. The molecule has 0 saturated heterocycles. The Morgan fingerprint density at radius 3 is 1.55 bits per heavy atom. The van der Waals surface area contributed by atoms with Crippen molar-refractivity contribution in [2.45, 2.75) is 104 Å². The first kappa shape index (κ1) is 38.6. The van der Waals surface area contributed by atoms with E-state index in [2.05, 4.69) is 105 Å². The number of ether oxygens (including phenoxy) is 1. The number of unbranched alkanes of at least 4 members (excludes halogenated alkanes) is 7. The van der Waals surface area contributed by atoms with Gasteiger partial charge in [0, 0.05) is 11.8 Å². The van der Waals surface area contributed by atoms with Crippen LogP contribution in [0.15, 0.2) is 91.0 Å². The van der Waals surface area contributed by atoms with E-state index >= 15 is 0 Å². The highest BCUT2D eigenvalue weighted by Gasteiger charge is 2.44. The predicted molar refractivity (Wildman–Crippen MR) is 207 cm³/mol. The number of phenolic OH excluding ortho intramolecular Hbond substituents is 1. The van der Waals surface area contributed by atoms with Crippen molar-refractivity contribution in [2.24, 2.45) is 0 Å². The zero-order valence-corrected chi connectivity index (χ0v) is 31.8. The molecule has 7 heteroatoms. The molecule has 1 aliphatic rings. The normalized spacial score (nSPS) is 15.9. The second kappa shape index (κ2) is 17.7. The van der Waals surface area contributed by atoms with Crippen molar-refractivity contribution in [1.82, 2.24) is 0 Å². The molecule has 264 valence electrons. The summed E-state index contributed by atoms with van der Waals surface area (Å²) in [7, 11) is -5.62. The zero-order chi connectivity index (χ0) is 35.5. The van der Waals surface area contributed by atoms with Crippen LogP contribution in [-0.2, 0) is 16.5 Å². The Morgan fingerprint density at radius 2 is 1.10 bits per heavy atom. The van der Waals surface area contributed by atoms with Gasteiger partial charge in [-0.25, -0.2) is 8.42 Å². The van der Waals surface area contributed by atoms with Gasteiger partial charge in [-0.3, -0.25) is 0 Å². The second-order valence-electron chi connectivity index (χ2n) is 13.9. The molecule has 0 fully saturated rings. The highest BCUT2D eigenvalue weighted by Crippen LogP contribution is 2.56. The second-order valence-corrected chi connectivity index (χ2v) is 18.9. The van der Waals surface area contributed by atoms with Gasteiger partial charge in [0.2, 0.25) is 0 Å². The molecule has 4 aromatic carbocycles. The number of rotatable bonds is 14. The number of aromatic hydroxyl groups is 1. The van der Waals surface area contributed by atoms with E-state index in [0.29, 0.717) is 12.0 Å². The summed E-state index contributed by atoms with van der Waals surface area (Å²) in [6, 6.07) is 33.9. The fraction of sp³-hybridized carbons (Fsp3) is 0.429. The van der Waals surface area contributed by atoms with Crippen molar-refractivity contribution in [3.63, 3.8) is 0 Å². The molecule has 0 bridgehead atoms. The quantitative estimate of drug-likeness (QED) is 0.0805. The maximum absolute atomic E-state index is 10.5. The topological polar surface area (TPSA) is 86.7 Å². The van der Waals surface area contributed by atoms with Crippen LogP contribution < -0.4 is 20.7 Å². The first-order valence-electron chi connectivity index (χ1n) is 17.8. The summed E-state index contributed by atoms with van der Waals surface area (Å²) in [4.78, 5) is 0. The minimum absolute atomic E-state index is 0.0977. The largest absolute Gasteiger partial charge is 0.748 e. The van der Waals surface area contributed by atoms with Crippen LogP contribution in [0.5, 0.6) is 11.5 Å². The van der Waals surface area contributed by atoms with Gasteiger partial charge in [0.1, 0.15) is 40.3 Å². The summed E-state index contributed by atoms with van der Waals surface area (Å²) in [5.41, 5.74) is 4.17. The summed E-state index contributed by atoms with van der Waals surface area (Å²) in [5, 5.41) is 15.0. The smallest absolute Gasteiger partial charge is 0.127 e. The maximum Gasteiger partial charge on any atom is 0.127 e. The van der Waals surface area contributed by atoms with E-state index in [-0.39, 0.29) is 5.60 Å². The lowest BCUT2D eigenvalue weighted by Crippen LogP contribution is -2.37. The molecule has 5 rings (SSSR count). The standard InChI is InChI=1S/C41H51O2P.CH4O3S/c1-32-33(2)40-38(34(3)39(32)42)28-30-41(4,43-40)29-20-9-7-5-6-8-10-21-31-44(35-22-14-11-15-23-35,36-24-16-12-17-25-36)37-26-18-13-19-27-37;1-5(2,3)4/h11-19,22-27H,5-10,20-21,28-31H2,1-4H3;1H3,(H,2,3,4). The van der Waals surface area contributed by atoms with E-state index in [1.807, 2.05) is 13.8 Å². The van der Waals surface area contributed by atoms with Gasteiger partial charge in [-0.2, -0.15) is 0 Å². The average Bonchev–Trinajstić information content (AvgIpc) is 3.09. The van der Waals surface area contributed by atoms with Crippen molar-refractivity contribution in [3.8, 4) is 11.5 Å². The molecule has 4 aromatic rings. The summed E-state index contributed by atoms with van der Waals surface area (Å²) in [5.74, 6) is 1.47. The molecule has 0 aliphatic carbocycles. The Morgan fingerprint density at radius 1 is 0.694 bits per heavy atom. The van der Waals surface area contributed by atoms with Gasteiger partial charge in [-0.15, -0.1) is 0 Å². The Balaban J connectivity index is 0.00000101. The minimum Gasteiger partial charge on any atom is -0.748 e. The molecule has 0 saturated carbocycles. The van der Waals surface area contributed by atoms with Crippen LogP contribution in [0.4, 0.5) is 0 Å². The van der Waals surface area contributed by atoms with Crippen LogP contribution in [0.3, 0.4) is 0 Å². The molecule has 0 aromatic heterocycles. The van der Waals surface area contributed by atoms with Gasteiger partial charge < -0.3 is 14.4 Å². The lowest BCUT2D eigenvalue weighted by atomic mass is 9.84. The first-order valence-corrected chi connectivity index (χ1v) is 21.6. The lowest BCUT2D eigenvalue weighted by molar-refractivity contribution is 0.0521. The zero-order valence-electron chi connectivity index (χ0n) is 30.1. The van der Waals surface area contributed by atoms with Gasteiger partial charge in [-0.1, -0.05) is 86.7 Å². The summed E-state index contributed by atoms with van der Waals surface area (Å²) in [6.45, 7) is 8.41. The van der Waals surface area contributed by atoms with E-state index in [4.69, 9.17) is 17.7 Å². The Kier molecular flexibility index (Phi) is 13.9. The van der Waals surface area contributed by atoms with E-state index < -0.39 is 17.4 Å². The molecule has 0 radical (unpaired) electrons. The van der Waals surface area contributed by atoms with Crippen molar-refractivity contribution < 1.29 is 22.8 Å². The number of benzene rings is 4. The maximum atomic E-state index is 10.5. The molecule has 49 heavy (non-hydrogen) atoms. The highest BCUT2D eigenvalue weighted by atomic mass is 32.2. The van der Waals surface area contributed by atoms with Crippen molar-refractivity contribution in [3.05, 3.63) is 113 Å². The fourth-order valence-corrected chi connectivity index (χ4v) is 11.7. The Hall–Kier alpha value is -3.18. The van der Waals surface area contributed by atoms with Crippen LogP contribution in [0.1, 0.15) is 93.4 Å². The number of fused-ring (bicyclic) bond motifs is 1. The van der Waals surface area contributed by atoms with Crippen molar-refractivity contribution in [1.29, 1.82) is 0 Å². The van der Waals surface area contributed by atoms with Gasteiger partial charge in [-0.05, 0) is 119 Å². The number of hydrogen-bond acceptors (Lipinski definition) is 5. The third-order valence-electron chi connectivity index (χ3n) is 10.1. The van der Waals surface area contributed by atoms with E-state index in [0.717, 1.165) is 41.7 Å². The molecule has 1 heterocycles. The molecular weight excluding hydrogens is 647 g/mol. The molecule has 1 N–H and O–H groups in total. The van der Waals surface area contributed by atoms with E-state index in [1.165, 1.54) is 79.0 Å². The third-order valence-corrected chi connectivity index (χ3v) is 14.7. The molecule has 1 aliphatic heterocycles. The molecular formula is C42H55O5PS. The minimum atomic E-state index is -3.92. The predicted octanol–water partition coefficient (Wildman–Crippen LogP) is 9.07. The summed E-state index contributed by atoms with van der Waals surface area (Å²) >= 11 is 0. The lowest BCUT2D eigenvalue weighted by Gasteiger charge is -2.38. The third kappa shape index (κ3) is 10.4. The molecule has 5 nitrogen and oxygen atoms in total. The van der Waals surface area contributed by atoms with Gasteiger partial charge in [0.05, 0.1) is 16.3 Å². The highest BCUT2D eigenvalue weighted by molar-refractivity contribution is 7.95. The molecule has 1 unspecified atom stereocenters. The SMILES string of the molecule is CS(=O)(=O)[O-].Cc1c(C)c2c(c(C)c1O)CCC(C)(CCCCCCCCCC[P+](c1ccccc1)(c1ccccc1)c1ccccc1)O2. The van der Waals surface area contributed by atoms with Crippen LogP contribution in [0.25, 0.3) is 0 Å². The van der Waals surface area contributed by atoms with Crippen LogP contribution in [0, 0.1) is 20.8 Å². The van der Waals surface area contributed by atoms with Gasteiger partial charge in [0.25, 0.3) is 0 Å². The average molecular weight is 703 g/mol. The monoisotopic (exact) mass is 702 g/mol. The summed E-state index contributed by atoms with van der Waals surface area (Å²) in [6.07, 6.45) is 15.3. The van der Waals surface area contributed by atoms with Crippen LogP contribution in [0.2, 0.25) is 0 Å². The van der Waals surface area contributed by atoms with Gasteiger partial charge >= 0.3 is 0 Å².